The van der Waals surface area contributed by atoms with Crippen LogP contribution in [0.15, 0.2) is 33.6 Å². The minimum Gasteiger partial charge on any atom is -0.383 e. The number of benzene rings is 1. The van der Waals surface area contributed by atoms with Crippen molar-refractivity contribution in [3.63, 3.8) is 0 Å². The smallest absolute Gasteiger partial charge is 0.243 e. The van der Waals surface area contributed by atoms with E-state index in [1.807, 2.05) is 6.92 Å². The summed E-state index contributed by atoms with van der Waals surface area (Å²) in [4.78, 5) is 0.255. The van der Waals surface area contributed by atoms with Crippen LogP contribution in [0, 0.1) is 0 Å². The molecule has 0 saturated heterocycles. The van der Waals surface area contributed by atoms with E-state index in [0.717, 1.165) is 4.47 Å². The van der Waals surface area contributed by atoms with Crippen LogP contribution in [-0.4, -0.2) is 52.7 Å². The van der Waals surface area contributed by atoms with Crippen molar-refractivity contribution in [2.75, 3.05) is 34.0 Å². The maximum Gasteiger partial charge on any atom is 0.243 e. The van der Waals surface area contributed by atoms with Crippen LogP contribution in [0.3, 0.4) is 0 Å². The number of hydrogen-bond donors (Lipinski definition) is 0. The number of rotatable bonds is 8. The Bertz CT molecular complexity index is 521. The summed E-state index contributed by atoms with van der Waals surface area (Å²) in [5.41, 5.74) is 0. The molecule has 0 saturated carbocycles. The quantitative estimate of drug-likeness (QED) is 0.707. The van der Waals surface area contributed by atoms with Gasteiger partial charge in [-0.2, -0.15) is 4.31 Å². The van der Waals surface area contributed by atoms with Crippen LogP contribution in [0.1, 0.15) is 6.92 Å². The molecular weight excluding hydrogens is 346 g/mol. The molecule has 114 valence electrons. The Balaban J connectivity index is 3.09. The average Bonchev–Trinajstić information content (AvgIpc) is 2.39. The van der Waals surface area contributed by atoms with Crippen molar-refractivity contribution in [3.05, 3.63) is 28.7 Å². The molecule has 7 heteroatoms. The Morgan fingerprint density at radius 3 is 2.55 bits per heavy atom. The van der Waals surface area contributed by atoms with Gasteiger partial charge in [-0.1, -0.05) is 22.0 Å². The normalized spacial score (nSPS) is 13.7. The molecule has 0 radical (unpaired) electrons. The number of ether oxygens (including phenoxy) is 2. The second kappa shape index (κ2) is 8.09. The SMILES string of the molecule is COCCN(C(C)COC)S(=O)(=O)c1cccc(Br)c1. The van der Waals surface area contributed by atoms with Gasteiger partial charge in [0.25, 0.3) is 0 Å². The van der Waals surface area contributed by atoms with E-state index in [4.69, 9.17) is 9.47 Å². The lowest BCUT2D eigenvalue weighted by Crippen LogP contribution is -2.42. The minimum absolute atomic E-state index is 0.255. The molecule has 0 fully saturated rings. The molecule has 0 N–H and O–H groups in total. The summed E-state index contributed by atoms with van der Waals surface area (Å²) in [6, 6.07) is 6.40. The summed E-state index contributed by atoms with van der Waals surface area (Å²) >= 11 is 3.29. The minimum atomic E-state index is -3.57. The van der Waals surface area contributed by atoms with Crippen molar-refractivity contribution < 1.29 is 17.9 Å². The Kier molecular flexibility index (Phi) is 7.11. The number of hydrogen-bond acceptors (Lipinski definition) is 4. The fourth-order valence-electron chi connectivity index (χ4n) is 1.85. The van der Waals surface area contributed by atoms with Crippen LogP contribution < -0.4 is 0 Å². The van der Waals surface area contributed by atoms with Gasteiger partial charge in [-0.25, -0.2) is 8.42 Å². The topological polar surface area (TPSA) is 55.8 Å². The van der Waals surface area contributed by atoms with E-state index in [-0.39, 0.29) is 17.5 Å². The van der Waals surface area contributed by atoms with Gasteiger partial charge in [0.15, 0.2) is 0 Å². The summed E-state index contributed by atoms with van der Waals surface area (Å²) in [5.74, 6) is 0. The van der Waals surface area contributed by atoms with E-state index in [0.29, 0.717) is 13.2 Å². The van der Waals surface area contributed by atoms with Crippen LogP contribution in [-0.2, 0) is 19.5 Å². The molecule has 1 aromatic rings. The number of methoxy groups -OCH3 is 2. The van der Waals surface area contributed by atoms with Crippen molar-refractivity contribution in [2.45, 2.75) is 17.9 Å². The maximum absolute atomic E-state index is 12.7. The van der Waals surface area contributed by atoms with Gasteiger partial charge >= 0.3 is 0 Å². The first-order chi connectivity index (χ1) is 9.43. The van der Waals surface area contributed by atoms with Crippen molar-refractivity contribution >= 4 is 26.0 Å². The van der Waals surface area contributed by atoms with Crippen molar-refractivity contribution in [3.8, 4) is 0 Å². The lowest BCUT2D eigenvalue weighted by molar-refractivity contribution is 0.119. The predicted octanol–water partition coefficient (Wildman–Crippen LogP) is 2.12. The van der Waals surface area contributed by atoms with Crippen LogP contribution in [0.2, 0.25) is 0 Å². The van der Waals surface area contributed by atoms with Crippen LogP contribution in [0.5, 0.6) is 0 Å². The standard InChI is InChI=1S/C13H20BrNO4S/c1-11(10-19-3)15(7-8-18-2)20(16,17)13-6-4-5-12(14)9-13/h4-6,9,11H,7-8,10H2,1-3H3. The number of sulfonamides is 1. The van der Waals surface area contributed by atoms with Crippen LogP contribution >= 0.6 is 15.9 Å². The van der Waals surface area contributed by atoms with Crippen LogP contribution in [0.25, 0.3) is 0 Å². The predicted molar refractivity (Wildman–Crippen MR) is 81.2 cm³/mol. The molecule has 0 bridgehead atoms. The lowest BCUT2D eigenvalue weighted by Gasteiger charge is -2.27. The van der Waals surface area contributed by atoms with E-state index in [1.165, 1.54) is 4.31 Å². The molecule has 0 aliphatic carbocycles. The van der Waals surface area contributed by atoms with Crippen molar-refractivity contribution in [1.82, 2.24) is 4.31 Å². The monoisotopic (exact) mass is 365 g/mol. The molecule has 20 heavy (non-hydrogen) atoms. The molecule has 1 unspecified atom stereocenters. The third-order valence-corrected chi connectivity index (χ3v) is 5.32. The van der Waals surface area contributed by atoms with Gasteiger partial charge in [-0.3, -0.25) is 0 Å². The van der Waals surface area contributed by atoms with Gasteiger partial charge in [0.05, 0.1) is 18.1 Å². The number of nitrogens with zero attached hydrogens (tertiary/aromatic N) is 1. The Hall–Kier alpha value is -0.470. The first-order valence-electron chi connectivity index (χ1n) is 6.18. The Morgan fingerprint density at radius 2 is 2.00 bits per heavy atom. The summed E-state index contributed by atoms with van der Waals surface area (Å²) in [6.45, 7) is 2.77. The van der Waals surface area contributed by atoms with Gasteiger partial charge in [0.2, 0.25) is 10.0 Å². The molecule has 1 aromatic carbocycles. The fourth-order valence-corrected chi connectivity index (χ4v) is 4.04. The highest BCUT2D eigenvalue weighted by atomic mass is 79.9. The summed E-state index contributed by atoms with van der Waals surface area (Å²) in [5, 5.41) is 0. The number of halogens is 1. The van der Waals surface area contributed by atoms with E-state index < -0.39 is 10.0 Å². The third-order valence-electron chi connectivity index (χ3n) is 2.82. The molecule has 0 amide bonds. The summed E-state index contributed by atoms with van der Waals surface area (Å²) in [6.07, 6.45) is 0. The molecule has 5 nitrogen and oxygen atoms in total. The van der Waals surface area contributed by atoms with Gasteiger partial charge in [-0.05, 0) is 25.1 Å². The fraction of sp³-hybridized carbons (Fsp3) is 0.538. The zero-order valence-corrected chi connectivity index (χ0v) is 14.3. The van der Waals surface area contributed by atoms with E-state index in [9.17, 15) is 8.42 Å². The van der Waals surface area contributed by atoms with Gasteiger partial charge < -0.3 is 9.47 Å². The maximum atomic E-state index is 12.7. The zero-order chi connectivity index (χ0) is 15.2. The summed E-state index contributed by atoms with van der Waals surface area (Å²) in [7, 11) is -0.475. The average molecular weight is 366 g/mol. The molecule has 0 aromatic heterocycles. The van der Waals surface area contributed by atoms with Gasteiger partial charge in [0, 0.05) is 31.3 Å². The Labute approximate surface area is 129 Å². The van der Waals surface area contributed by atoms with E-state index in [1.54, 1.807) is 38.5 Å². The largest absolute Gasteiger partial charge is 0.383 e. The summed E-state index contributed by atoms with van der Waals surface area (Å²) < 4.78 is 37.6. The molecule has 1 rings (SSSR count). The first-order valence-corrected chi connectivity index (χ1v) is 8.42. The first kappa shape index (κ1) is 17.6. The molecule has 0 heterocycles. The van der Waals surface area contributed by atoms with Crippen molar-refractivity contribution in [2.24, 2.45) is 0 Å². The van der Waals surface area contributed by atoms with E-state index >= 15 is 0 Å². The second-order valence-electron chi connectivity index (χ2n) is 4.37. The molecule has 0 aliphatic rings. The highest BCUT2D eigenvalue weighted by Gasteiger charge is 2.28. The highest BCUT2D eigenvalue weighted by Crippen LogP contribution is 2.21. The van der Waals surface area contributed by atoms with Crippen molar-refractivity contribution in [1.29, 1.82) is 0 Å². The highest BCUT2D eigenvalue weighted by molar-refractivity contribution is 9.10. The molecule has 0 aliphatic heterocycles. The van der Waals surface area contributed by atoms with E-state index in [2.05, 4.69) is 15.9 Å². The van der Waals surface area contributed by atoms with Gasteiger partial charge in [0.1, 0.15) is 0 Å². The zero-order valence-electron chi connectivity index (χ0n) is 11.9. The Morgan fingerprint density at radius 1 is 1.30 bits per heavy atom. The third kappa shape index (κ3) is 4.53. The lowest BCUT2D eigenvalue weighted by atomic mass is 10.3. The molecule has 0 spiro atoms. The molecule has 1 atom stereocenters. The second-order valence-corrected chi connectivity index (χ2v) is 7.18. The van der Waals surface area contributed by atoms with Gasteiger partial charge in [-0.15, -0.1) is 0 Å². The molecular formula is C13H20BrNO4S. The van der Waals surface area contributed by atoms with Crippen LogP contribution in [0.4, 0.5) is 0 Å².